The maximum atomic E-state index is 11.4. The van der Waals surface area contributed by atoms with Gasteiger partial charge in [-0.25, -0.2) is 9.48 Å². The minimum atomic E-state index is -0.403. The number of benzene rings is 1. The molecule has 0 aliphatic rings. The van der Waals surface area contributed by atoms with Crippen LogP contribution in [0.25, 0.3) is 0 Å². The zero-order valence-electron chi connectivity index (χ0n) is 14.1. The first-order valence-corrected chi connectivity index (χ1v) is 7.37. The molecule has 0 unspecified atom stereocenters. The minimum Gasteiger partial charge on any atom is -0.465 e. The molecule has 0 spiro atoms. The predicted octanol–water partition coefficient (Wildman–Crippen LogP) is 2.28. The number of hydrogen-bond donors (Lipinski definition) is 0. The zero-order valence-corrected chi connectivity index (χ0v) is 14.1. The molecule has 0 aliphatic heterocycles. The molecule has 0 amide bonds. The highest BCUT2D eigenvalue weighted by Gasteiger charge is 2.22. The van der Waals surface area contributed by atoms with E-state index in [1.54, 1.807) is 30.7 Å². The Labute approximate surface area is 139 Å². The van der Waals surface area contributed by atoms with Crippen molar-refractivity contribution >= 4 is 11.7 Å². The molecule has 1 heterocycles. The summed E-state index contributed by atoms with van der Waals surface area (Å²) < 4.78 is 6.29. The number of hydrogen-bond acceptors (Lipinski definition) is 6. The van der Waals surface area contributed by atoms with Gasteiger partial charge in [0.1, 0.15) is 11.4 Å². The van der Waals surface area contributed by atoms with Crippen molar-refractivity contribution in [2.24, 2.45) is 0 Å². The molecule has 0 saturated heterocycles. The van der Waals surface area contributed by atoms with E-state index in [1.165, 1.54) is 7.11 Å². The Balaban J connectivity index is 2.06. The van der Waals surface area contributed by atoms with Gasteiger partial charge in [-0.1, -0.05) is 12.1 Å². The Hall–Kier alpha value is -2.74. The number of carbonyl (C=O) groups is 1. The Morgan fingerprint density at radius 1 is 1.33 bits per heavy atom. The minimum absolute atomic E-state index is 0.0610. The van der Waals surface area contributed by atoms with Crippen molar-refractivity contribution in [2.75, 3.05) is 14.2 Å². The lowest BCUT2D eigenvalue weighted by molar-refractivity contribution is -0.386. The van der Waals surface area contributed by atoms with Crippen LogP contribution in [0.15, 0.2) is 24.3 Å². The zero-order chi connectivity index (χ0) is 17.9. The fourth-order valence-electron chi connectivity index (χ4n) is 2.54. The third-order valence-corrected chi connectivity index (χ3v) is 3.73. The topological polar surface area (TPSA) is 90.5 Å². The smallest absolute Gasteiger partial charge is 0.337 e. The number of aryl methyl sites for hydroxylation is 1. The number of esters is 1. The summed E-state index contributed by atoms with van der Waals surface area (Å²) in [6.07, 6.45) is 0. The van der Waals surface area contributed by atoms with Crippen molar-refractivity contribution in [3.8, 4) is 0 Å². The summed E-state index contributed by atoms with van der Waals surface area (Å²) in [7, 11) is 3.24. The molecule has 24 heavy (non-hydrogen) atoms. The number of nitrogens with zero attached hydrogens (tertiary/aromatic N) is 4. The Morgan fingerprint density at radius 3 is 2.46 bits per heavy atom. The molecule has 0 saturated carbocycles. The van der Waals surface area contributed by atoms with Crippen LogP contribution in [0.1, 0.15) is 27.3 Å². The van der Waals surface area contributed by atoms with Gasteiger partial charge in [0, 0.05) is 6.54 Å². The van der Waals surface area contributed by atoms with E-state index in [0.29, 0.717) is 30.2 Å². The monoisotopic (exact) mass is 332 g/mol. The fourth-order valence-corrected chi connectivity index (χ4v) is 2.54. The maximum absolute atomic E-state index is 11.4. The first kappa shape index (κ1) is 17.6. The van der Waals surface area contributed by atoms with Crippen molar-refractivity contribution in [3.63, 3.8) is 0 Å². The van der Waals surface area contributed by atoms with Gasteiger partial charge in [0.25, 0.3) is 0 Å². The summed E-state index contributed by atoms with van der Waals surface area (Å²) >= 11 is 0. The number of ether oxygens (including phenoxy) is 1. The quantitative estimate of drug-likeness (QED) is 0.458. The summed E-state index contributed by atoms with van der Waals surface area (Å²) in [6.45, 7) is 4.37. The van der Waals surface area contributed by atoms with Gasteiger partial charge in [0.15, 0.2) is 0 Å². The lowest BCUT2D eigenvalue weighted by Gasteiger charge is -2.17. The second-order valence-corrected chi connectivity index (χ2v) is 5.62. The van der Waals surface area contributed by atoms with Gasteiger partial charge in [-0.15, -0.1) is 0 Å². The fraction of sp³-hybridized carbons (Fsp3) is 0.375. The van der Waals surface area contributed by atoms with Crippen LogP contribution in [-0.4, -0.2) is 39.7 Å². The molecule has 0 atom stereocenters. The first-order chi connectivity index (χ1) is 11.3. The normalized spacial score (nSPS) is 10.9. The largest absolute Gasteiger partial charge is 0.465 e. The van der Waals surface area contributed by atoms with Gasteiger partial charge in [-0.2, -0.15) is 5.10 Å². The average molecular weight is 332 g/mol. The molecule has 1 aromatic carbocycles. The molecule has 8 nitrogen and oxygen atoms in total. The Morgan fingerprint density at radius 2 is 1.96 bits per heavy atom. The lowest BCUT2D eigenvalue weighted by atomic mass is 10.1. The van der Waals surface area contributed by atoms with E-state index in [9.17, 15) is 14.9 Å². The van der Waals surface area contributed by atoms with Gasteiger partial charge < -0.3 is 4.74 Å². The number of nitro groups is 1. The van der Waals surface area contributed by atoms with Gasteiger partial charge in [0.05, 0.1) is 24.3 Å². The summed E-state index contributed by atoms with van der Waals surface area (Å²) in [5.41, 5.74) is 2.52. The molecule has 0 N–H and O–H groups in total. The molecular weight excluding hydrogens is 312 g/mol. The number of methoxy groups -OCH3 is 1. The molecule has 0 bridgehead atoms. The van der Waals surface area contributed by atoms with Crippen molar-refractivity contribution in [1.29, 1.82) is 0 Å². The molecule has 2 rings (SSSR count). The van der Waals surface area contributed by atoms with Gasteiger partial charge in [0.2, 0.25) is 0 Å². The molecule has 2 aromatic rings. The first-order valence-electron chi connectivity index (χ1n) is 7.37. The van der Waals surface area contributed by atoms with Gasteiger partial charge in [-0.05, 0) is 38.6 Å². The third kappa shape index (κ3) is 3.77. The summed E-state index contributed by atoms with van der Waals surface area (Å²) in [5.74, 6) is -0.371. The lowest BCUT2D eigenvalue weighted by Crippen LogP contribution is -2.23. The van der Waals surface area contributed by atoms with Crippen LogP contribution >= 0.6 is 0 Å². The van der Waals surface area contributed by atoms with Gasteiger partial charge >= 0.3 is 11.7 Å². The average Bonchev–Trinajstić information content (AvgIpc) is 2.81. The van der Waals surface area contributed by atoms with E-state index in [2.05, 4.69) is 9.84 Å². The van der Waals surface area contributed by atoms with Crippen LogP contribution in [0.2, 0.25) is 0 Å². The number of carbonyl (C=O) groups excluding carboxylic acids is 1. The van der Waals surface area contributed by atoms with E-state index in [-0.39, 0.29) is 11.7 Å². The third-order valence-electron chi connectivity index (χ3n) is 3.73. The molecule has 0 fully saturated rings. The predicted molar refractivity (Wildman–Crippen MR) is 87.6 cm³/mol. The van der Waals surface area contributed by atoms with E-state index in [0.717, 1.165) is 5.56 Å². The van der Waals surface area contributed by atoms with Crippen molar-refractivity contribution < 1.29 is 14.5 Å². The van der Waals surface area contributed by atoms with Crippen LogP contribution in [0.5, 0.6) is 0 Å². The Bertz CT molecular complexity index is 752. The SMILES string of the molecule is COC(=O)c1ccc(CN(C)Cn2nc(C)c([N+](=O)[O-])c2C)cc1. The number of rotatable bonds is 6. The molecule has 0 radical (unpaired) electrons. The van der Waals surface area contributed by atoms with Crippen LogP contribution in [0, 0.1) is 24.0 Å². The van der Waals surface area contributed by atoms with Crippen molar-refractivity contribution in [1.82, 2.24) is 14.7 Å². The molecule has 0 aliphatic carbocycles. The van der Waals surface area contributed by atoms with E-state index in [1.807, 2.05) is 24.1 Å². The van der Waals surface area contributed by atoms with Crippen LogP contribution < -0.4 is 0 Å². The van der Waals surface area contributed by atoms with Crippen LogP contribution in [-0.2, 0) is 18.0 Å². The molecule has 8 heteroatoms. The van der Waals surface area contributed by atoms with E-state index in [4.69, 9.17) is 0 Å². The summed E-state index contributed by atoms with van der Waals surface area (Å²) in [4.78, 5) is 24.0. The van der Waals surface area contributed by atoms with Crippen molar-refractivity contribution in [3.05, 3.63) is 56.9 Å². The van der Waals surface area contributed by atoms with E-state index >= 15 is 0 Å². The molecular formula is C16H20N4O4. The van der Waals surface area contributed by atoms with Crippen molar-refractivity contribution in [2.45, 2.75) is 27.1 Å². The standard InChI is InChI=1S/C16H20N4O4/c1-11-15(20(22)23)12(2)19(17-11)10-18(3)9-13-5-7-14(8-6-13)16(21)24-4/h5-8H,9-10H2,1-4H3. The summed E-state index contributed by atoms with van der Waals surface area (Å²) in [6, 6.07) is 7.13. The summed E-state index contributed by atoms with van der Waals surface area (Å²) in [5, 5.41) is 15.3. The second-order valence-electron chi connectivity index (χ2n) is 5.62. The highest BCUT2D eigenvalue weighted by molar-refractivity contribution is 5.89. The van der Waals surface area contributed by atoms with E-state index < -0.39 is 4.92 Å². The Kier molecular flexibility index (Phi) is 5.30. The number of aromatic nitrogens is 2. The van der Waals surface area contributed by atoms with Crippen LogP contribution in [0.4, 0.5) is 5.69 Å². The highest BCUT2D eigenvalue weighted by atomic mass is 16.6. The molecule has 128 valence electrons. The highest BCUT2D eigenvalue weighted by Crippen LogP contribution is 2.22. The van der Waals surface area contributed by atoms with Crippen LogP contribution in [0.3, 0.4) is 0 Å². The molecule has 1 aromatic heterocycles. The van der Waals surface area contributed by atoms with Gasteiger partial charge in [-0.3, -0.25) is 15.0 Å². The second kappa shape index (κ2) is 7.22. The maximum Gasteiger partial charge on any atom is 0.337 e.